The van der Waals surface area contributed by atoms with Crippen LogP contribution in [0.4, 0.5) is 5.69 Å². The molecule has 2 aromatic carbocycles. The number of Topliss-reactive ketones (excluding diaryl/α,β-unsaturated/α-hetero) is 1. The summed E-state index contributed by atoms with van der Waals surface area (Å²) in [6.07, 6.45) is 0.497. The van der Waals surface area contributed by atoms with E-state index in [-0.39, 0.29) is 45.5 Å². The first kappa shape index (κ1) is 24.8. The number of ketones is 1. The summed E-state index contributed by atoms with van der Waals surface area (Å²) < 4.78 is 5.11. The van der Waals surface area contributed by atoms with Gasteiger partial charge in [0, 0.05) is 12.7 Å². The van der Waals surface area contributed by atoms with Crippen LogP contribution in [0.25, 0.3) is 0 Å². The van der Waals surface area contributed by atoms with Gasteiger partial charge in [0.2, 0.25) is 0 Å². The average molecular weight is 483 g/mol. The number of nitrogens with one attached hydrogen (secondary N) is 1. The molecule has 1 aliphatic rings. The van der Waals surface area contributed by atoms with Crippen LogP contribution < -0.4 is 5.43 Å². The number of benzene rings is 2. The summed E-state index contributed by atoms with van der Waals surface area (Å²) in [6.45, 7) is 2.01. The number of amidine groups is 1. The first-order valence-electron chi connectivity index (χ1n) is 9.48. The largest absolute Gasteiger partial charge is 2.00 e. The van der Waals surface area contributed by atoms with Crippen LogP contribution in [-0.2, 0) is 21.2 Å². The van der Waals surface area contributed by atoms with Gasteiger partial charge in [-0.05, 0) is 23.5 Å². The molecule has 1 heterocycles. The molecule has 0 spiro atoms. The van der Waals surface area contributed by atoms with Crippen LogP contribution >= 0.6 is 0 Å². The van der Waals surface area contributed by atoms with Crippen molar-refractivity contribution in [3.05, 3.63) is 75.3 Å². The number of rotatable bonds is 8. The number of fused-ring (bicyclic) bond motifs is 1. The summed E-state index contributed by atoms with van der Waals surface area (Å²) in [5, 5.41) is 15.1. The molecule has 10 nitrogen and oxygen atoms in total. The van der Waals surface area contributed by atoms with Gasteiger partial charge in [-0.25, -0.2) is 0 Å². The Hall–Kier alpha value is -3.43. The van der Waals surface area contributed by atoms with Gasteiger partial charge in [0.15, 0.2) is 0 Å². The second-order valence-corrected chi connectivity index (χ2v) is 6.73. The molecule has 0 radical (unpaired) electrons. The molecule has 0 aromatic heterocycles. The number of imide groups is 1. The van der Waals surface area contributed by atoms with Gasteiger partial charge >= 0.3 is 22.3 Å². The van der Waals surface area contributed by atoms with E-state index in [1.54, 1.807) is 18.2 Å². The van der Waals surface area contributed by atoms with E-state index in [4.69, 9.17) is 4.74 Å². The van der Waals surface area contributed by atoms with Crippen LogP contribution in [0.2, 0.25) is 0 Å². The number of anilines is 1. The maximum absolute atomic E-state index is 13.0. The molecular formula is C21H20N4NiO6+2. The number of carbonyl (C=O) groups excluding carboxylic acids is 3. The summed E-state index contributed by atoms with van der Waals surface area (Å²) in [7, 11) is 1.48. The minimum absolute atomic E-state index is 0. The van der Waals surface area contributed by atoms with Gasteiger partial charge in [0.25, 0.3) is 17.6 Å². The molecule has 1 aliphatic heterocycles. The zero-order chi connectivity index (χ0) is 22.5. The van der Waals surface area contributed by atoms with E-state index in [1.807, 2.05) is 6.92 Å². The first-order valence-corrected chi connectivity index (χ1v) is 9.48. The molecule has 32 heavy (non-hydrogen) atoms. The number of hydrazone groups is 1. The standard InChI is InChI=1S/C21H20N4O6.Ni/c1-3-14(12-31-2)24-20(27)15-10-7-11-16(17(15)21(24)28)22-23-19(25(29)30)18(26)13-8-5-4-6-9-13;/h4-11,14,22H,3,12H2,1-2H3;/q;+2. The molecule has 11 heteroatoms. The summed E-state index contributed by atoms with van der Waals surface area (Å²) >= 11 is 0. The van der Waals surface area contributed by atoms with Crippen molar-refractivity contribution in [3.8, 4) is 0 Å². The number of hydrogen-bond donors (Lipinski definition) is 1. The van der Waals surface area contributed by atoms with Crippen molar-refractivity contribution in [2.75, 3.05) is 19.1 Å². The number of carbonyl (C=O) groups is 3. The van der Waals surface area contributed by atoms with Crippen LogP contribution in [0.3, 0.4) is 0 Å². The molecule has 1 unspecified atom stereocenters. The minimum atomic E-state index is -0.941. The Bertz CT molecular complexity index is 1070. The Morgan fingerprint density at radius 3 is 2.44 bits per heavy atom. The molecule has 2 aromatic rings. The van der Waals surface area contributed by atoms with Crippen LogP contribution in [-0.4, -0.2) is 53.0 Å². The molecule has 1 atom stereocenters. The number of nitrogens with zero attached hydrogens (tertiary/aromatic N) is 3. The van der Waals surface area contributed by atoms with Crippen molar-refractivity contribution < 1.29 is 40.5 Å². The first-order chi connectivity index (χ1) is 14.9. The summed E-state index contributed by atoms with van der Waals surface area (Å²) in [5.74, 6) is -2.87. The van der Waals surface area contributed by atoms with Crippen molar-refractivity contribution in [2.45, 2.75) is 19.4 Å². The number of methoxy groups -OCH3 is 1. The molecule has 0 fully saturated rings. The number of hydrogen-bond acceptors (Lipinski definition) is 8. The van der Waals surface area contributed by atoms with Crippen LogP contribution in [0.5, 0.6) is 0 Å². The third-order valence-electron chi connectivity index (χ3n) is 4.84. The number of ether oxygens (including phenoxy) is 1. The minimum Gasteiger partial charge on any atom is -0.383 e. The zero-order valence-corrected chi connectivity index (χ0v) is 18.2. The second kappa shape index (κ2) is 10.7. The summed E-state index contributed by atoms with van der Waals surface area (Å²) in [6, 6.07) is 11.7. The van der Waals surface area contributed by atoms with E-state index in [9.17, 15) is 24.5 Å². The van der Waals surface area contributed by atoms with Crippen molar-refractivity contribution >= 4 is 29.1 Å². The molecular weight excluding hydrogens is 463 g/mol. The van der Waals surface area contributed by atoms with E-state index < -0.39 is 34.4 Å². The molecule has 168 valence electrons. The fourth-order valence-electron chi connectivity index (χ4n) is 3.30. The normalized spacial score (nSPS) is 13.9. The Balaban J connectivity index is 0.00000363. The quantitative estimate of drug-likeness (QED) is 0.116. The van der Waals surface area contributed by atoms with Crippen molar-refractivity contribution in [3.63, 3.8) is 0 Å². The Labute approximate surface area is 193 Å². The van der Waals surface area contributed by atoms with Crippen molar-refractivity contribution in [2.24, 2.45) is 5.10 Å². The Morgan fingerprint density at radius 1 is 1.16 bits per heavy atom. The van der Waals surface area contributed by atoms with Crippen molar-refractivity contribution in [1.82, 2.24) is 4.90 Å². The topological polar surface area (TPSA) is 131 Å². The predicted molar refractivity (Wildman–Crippen MR) is 112 cm³/mol. The van der Waals surface area contributed by atoms with E-state index in [0.29, 0.717) is 6.42 Å². The molecule has 0 aliphatic carbocycles. The summed E-state index contributed by atoms with van der Waals surface area (Å²) in [5.41, 5.74) is 2.81. The van der Waals surface area contributed by atoms with E-state index in [1.165, 1.54) is 37.4 Å². The SMILES string of the molecule is CCC(COC)N1C(=O)c2cccc(NN=C(C(=O)c3ccccc3)[N+](=O)[O-])c2C1=O.[Ni+2]. The van der Waals surface area contributed by atoms with Crippen molar-refractivity contribution in [1.29, 1.82) is 0 Å². The molecule has 0 saturated heterocycles. The van der Waals surface area contributed by atoms with E-state index in [0.717, 1.165) is 4.90 Å². The van der Waals surface area contributed by atoms with Gasteiger partial charge in [-0.1, -0.05) is 43.3 Å². The molecule has 3 rings (SSSR count). The monoisotopic (exact) mass is 482 g/mol. The molecule has 2 amide bonds. The number of amides is 2. The summed E-state index contributed by atoms with van der Waals surface area (Å²) in [4.78, 5) is 49.9. The van der Waals surface area contributed by atoms with Gasteiger partial charge in [0.1, 0.15) is 0 Å². The van der Waals surface area contributed by atoms with Crippen LogP contribution in [0.1, 0.15) is 44.4 Å². The maximum atomic E-state index is 13.0. The van der Waals surface area contributed by atoms with E-state index in [2.05, 4.69) is 10.5 Å². The van der Waals surface area contributed by atoms with Gasteiger partial charge in [-0.2, -0.15) is 5.43 Å². The predicted octanol–water partition coefficient (Wildman–Crippen LogP) is 2.59. The molecule has 0 saturated carbocycles. The fraction of sp³-hybridized carbons (Fsp3) is 0.238. The van der Waals surface area contributed by atoms with Crippen LogP contribution in [0, 0.1) is 10.1 Å². The Morgan fingerprint density at radius 2 is 1.84 bits per heavy atom. The van der Waals surface area contributed by atoms with Crippen LogP contribution in [0.15, 0.2) is 53.6 Å². The maximum Gasteiger partial charge on any atom is 2.00 e. The second-order valence-electron chi connectivity index (χ2n) is 6.73. The Kier molecular flexibility index (Phi) is 8.34. The van der Waals surface area contributed by atoms with Gasteiger partial charge < -0.3 is 14.9 Å². The average Bonchev–Trinajstić information content (AvgIpc) is 3.03. The fourth-order valence-corrected chi connectivity index (χ4v) is 3.30. The van der Waals surface area contributed by atoms with Gasteiger partial charge in [-0.15, -0.1) is 0 Å². The molecule has 0 bridgehead atoms. The van der Waals surface area contributed by atoms with E-state index >= 15 is 0 Å². The zero-order valence-electron chi connectivity index (χ0n) is 17.2. The number of nitro groups is 1. The smallest absolute Gasteiger partial charge is 0.383 e. The third kappa shape index (κ3) is 4.74. The van der Waals surface area contributed by atoms with Gasteiger partial charge in [-0.3, -0.25) is 19.3 Å². The van der Waals surface area contributed by atoms with Gasteiger partial charge in [0.05, 0.1) is 34.6 Å². The molecule has 1 N–H and O–H groups in total. The third-order valence-corrected chi connectivity index (χ3v) is 4.84.